The second-order valence-electron chi connectivity index (χ2n) is 17.2. The van der Waals surface area contributed by atoms with Gasteiger partial charge >= 0.3 is 0 Å². The van der Waals surface area contributed by atoms with E-state index in [1.54, 1.807) is 29.4 Å². The minimum absolute atomic E-state index is 0.0304. The van der Waals surface area contributed by atoms with Gasteiger partial charge in [0.15, 0.2) is 18.1 Å². The molecule has 0 bridgehead atoms. The topological polar surface area (TPSA) is 214 Å². The number of hydrogen-bond acceptors (Lipinski definition) is 13. The number of imidazole rings is 1. The van der Waals surface area contributed by atoms with Crippen molar-refractivity contribution in [2.75, 3.05) is 51.2 Å². The van der Waals surface area contributed by atoms with Crippen molar-refractivity contribution in [3.8, 4) is 5.75 Å². The molecule has 18 nitrogen and oxygen atoms in total. The van der Waals surface area contributed by atoms with Crippen molar-refractivity contribution in [3.63, 3.8) is 0 Å². The van der Waals surface area contributed by atoms with E-state index in [1.807, 2.05) is 25.4 Å². The van der Waals surface area contributed by atoms with Gasteiger partial charge in [0.25, 0.3) is 23.6 Å². The number of nitrogens with one attached hydrogen (secondary N) is 3. The molecule has 0 radical (unpaired) electrons. The van der Waals surface area contributed by atoms with Crippen LogP contribution in [-0.4, -0.2) is 133 Å². The number of fused-ring (bicyclic) bond motifs is 2. The fraction of sp³-hybridized carbons (Fsp3) is 0.500. The molecule has 4 aromatic rings. The van der Waals surface area contributed by atoms with Gasteiger partial charge < -0.3 is 29.7 Å². The quantitative estimate of drug-likeness (QED) is 0.165. The third-order valence-electron chi connectivity index (χ3n) is 13.1. The predicted molar refractivity (Wildman–Crippen MR) is 224 cm³/mol. The maximum atomic E-state index is 13.4. The minimum Gasteiger partial charge on any atom is -0.483 e. The lowest BCUT2D eigenvalue weighted by Gasteiger charge is -2.37. The van der Waals surface area contributed by atoms with Crippen molar-refractivity contribution < 1.29 is 33.5 Å². The van der Waals surface area contributed by atoms with Gasteiger partial charge in [-0.2, -0.15) is 0 Å². The van der Waals surface area contributed by atoms with Crippen molar-refractivity contribution in [2.45, 2.75) is 82.8 Å². The van der Waals surface area contributed by atoms with E-state index in [9.17, 15) is 28.8 Å². The van der Waals surface area contributed by atoms with Crippen LogP contribution in [0.3, 0.4) is 0 Å². The number of carbonyl (C=O) groups is 6. The molecule has 4 fully saturated rings. The van der Waals surface area contributed by atoms with E-state index in [0.717, 1.165) is 98.7 Å². The molecule has 62 heavy (non-hydrogen) atoms. The minimum atomic E-state index is -1.08. The van der Waals surface area contributed by atoms with Crippen LogP contribution in [0.25, 0.3) is 11.2 Å². The number of pyridine rings is 1. The van der Waals surface area contributed by atoms with Crippen molar-refractivity contribution in [3.05, 3.63) is 71.6 Å². The Bertz CT molecular complexity index is 2400. The van der Waals surface area contributed by atoms with E-state index in [1.165, 1.54) is 6.07 Å². The van der Waals surface area contributed by atoms with Gasteiger partial charge in [0.05, 0.1) is 17.5 Å². The van der Waals surface area contributed by atoms with Crippen LogP contribution >= 0.6 is 0 Å². The number of benzene rings is 1. The number of carbonyl (C=O) groups excluding carboxylic acids is 6. The number of hydrogen-bond donors (Lipinski definition) is 3. The first-order valence-electron chi connectivity index (χ1n) is 21.7. The average Bonchev–Trinajstić information content (AvgIpc) is 3.80. The highest BCUT2D eigenvalue weighted by Crippen LogP contribution is 2.36. The Hall–Kier alpha value is -6.30. The molecule has 324 valence electrons. The lowest BCUT2D eigenvalue weighted by molar-refractivity contribution is -0.136. The molecular formula is C44H51N11O7. The van der Waals surface area contributed by atoms with Crippen LogP contribution < -0.4 is 20.7 Å². The molecule has 1 aromatic carbocycles. The first-order valence-corrected chi connectivity index (χ1v) is 21.7. The average molecular weight is 846 g/mol. The summed E-state index contributed by atoms with van der Waals surface area (Å²) < 4.78 is 7.95. The second-order valence-corrected chi connectivity index (χ2v) is 17.2. The van der Waals surface area contributed by atoms with E-state index in [0.29, 0.717) is 30.6 Å². The maximum absolute atomic E-state index is 13.4. The molecule has 3 aromatic heterocycles. The van der Waals surface area contributed by atoms with Gasteiger partial charge in [0.1, 0.15) is 29.3 Å². The van der Waals surface area contributed by atoms with Gasteiger partial charge in [-0.15, -0.1) is 0 Å². The van der Waals surface area contributed by atoms with Gasteiger partial charge in [-0.3, -0.25) is 39.0 Å². The van der Waals surface area contributed by atoms with Gasteiger partial charge in [-0.25, -0.2) is 19.9 Å². The summed E-state index contributed by atoms with van der Waals surface area (Å²) >= 11 is 0. The van der Waals surface area contributed by atoms with Crippen LogP contribution in [0.1, 0.15) is 101 Å². The van der Waals surface area contributed by atoms with E-state index >= 15 is 0 Å². The summed E-state index contributed by atoms with van der Waals surface area (Å²) in [6, 6.07) is 9.28. The van der Waals surface area contributed by atoms with Crippen molar-refractivity contribution in [1.82, 2.24) is 49.8 Å². The highest BCUT2D eigenvalue weighted by atomic mass is 16.5. The number of piperidine rings is 3. The molecule has 18 heteroatoms. The number of rotatable bonds is 13. The van der Waals surface area contributed by atoms with Crippen LogP contribution in [0.4, 0.5) is 5.82 Å². The molecule has 1 aliphatic carbocycles. The molecule has 6 amide bonds. The van der Waals surface area contributed by atoms with E-state index < -0.39 is 29.7 Å². The Morgan fingerprint density at radius 1 is 0.887 bits per heavy atom. The zero-order valence-corrected chi connectivity index (χ0v) is 34.8. The third-order valence-corrected chi connectivity index (χ3v) is 13.1. The summed E-state index contributed by atoms with van der Waals surface area (Å²) in [5.41, 5.74) is 2.94. The van der Waals surface area contributed by atoms with Crippen LogP contribution in [0.5, 0.6) is 5.75 Å². The Morgan fingerprint density at radius 2 is 1.66 bits per heavy atom. The normalized spacial score (nSPS) is 22.4. The van der Waals surface area contributed by atoms with E-state index in [2.05, 4.69) is 45.4 Å². The van der Waals surface area contributed by atoms with Crippen LogP contribution in [0, 0.1) is 18.8 Å². The maximum Gasteiger partial charge on any atom is 0.270 e. The molecule has 1 atom stereocenters. The van der Waals surface area contributed by atoms with Crippen molar-refractivity contribution in [2.24, 2.45) is 11.8 Å². The fourth-order valence-corrected chi connectivity index (χ4v) is 9.53. The Balaban J connectivity index is 0.676. The smallest absolute Gasteiger partial charge is 0.270 e. The standard InChI is InChI=1S/C44H51N11O7/c1-26-4-2-6-32(49-26)41(58)50-29-20-30(21-29)54-25-48-38-39(46-24-47-40(38)54)45-15-10-27-11-16-52(17-12-27)22-28-13-18-53(19-14-28)36(57)23-62-34-7-3-5-31-37(34)44(61)55(43(31)60)33-8-9-35(56)51-42(33)59/h2-7,24-25,27-30,33H,8-23H2,1H3,(H,50,58)(H,45,46,47)(H,51,56,59). The molecular weight excluding hydrogens is 795 g/mol. The van der Waals surface area contributed by atoms with Gasteiger partial charge in [0.2, 0.25) is 11.8 Å². The number of likely N-dealkylation sites (tertiary alicyclic amines) is 2. The number of ether oxygens (including phenoxy) is 1. The third kappa shape index (κ3) is 8.47. The molecule has 4 aliphatic heterocycles. The molecule has 1 unspecified atom stereocenters. The zero-order valence-electron chi connectivity index (χ0n) is 34.8. The number of aromatic nitrogens is 5. The largest absolute Gasteiger partial charge is 0.483 e. The molecule has 0 spiro atoms. The van der Waals surface area contributed by atoms with Crippen LogP contribution in [0.2, 0.25) is 0 Å². The summed E-state index contributed by atoms with van der Waals surface area (Å²) in [6.07, 6.45) is 10.2. The molecule has 5 aliphatic rings. The van der Waals surface area contributed by atoms with Crippen molar-refractivity contribution in [1.29, 1.82) is 0 Å². The molecule has 3 saturated heterocycles. The number of amides is 6. The van der Waals surface area contributed by atoms with Crippen LogP contribution in [0.15, 0.2) is 49.1 Å². The Kier molecular flexibility index (Phi) is 11.7. The second kappa shape index (κ2) is 17.6. The summed E-state index contributed by atoms with van der Waals surface area (Å²) in [5, 5.41) is 8.81. The summed E-state index contributed by atoms with van der Waals surface area (Å²) in [7, 11) is 0. The van der Waals surface area contributed by atoms with E-state index in [4.69, 9.17) is 4.74 Å². The molecule has 7 heterocycles. The number of nitrogens with zero attached hydrogens (tertiary/aromatic N) is 8. The number of aryl methyl sites for hydroxylation is 1. The predicted octanol–water partition coefficient (Wildman–Crippen LogP) is 2.90. The lowest BCUT2D eigenvalue weighted by atomic mass is 9.86. The first kappa shape index (κ1) is 41.1. The lowest BCUT2D eigenvalue weighted by Crippen LogP contribution is -2.54. The SMILES string of the molecule is Cc1cccc(C(=O)NC2CC(n3cnc4c(NCCC5CCN(CC6CCN(C(=O)COc7cccc8c7C(=O)N(C7CCC(=O)NC7=O)C8=O)CC6)CC5)ncnc43)C2)n1. The van der Waals surface area contributed by atoms with Gasteiger partial charge in [-0.1, -0.05) is 12.1 Å². The Morgan fingerprint density at radius 3 is 2.44 bits per heavy atom. The highest BCUT2D eigenvalue weighted by Gasteiger charge is 2.46. The van der Waals surface area contributed by atoms with E-state index in [-0.39, 0.29) is 60.2 Å². The van der Waals surface area contributed by atoms with Gasteiger partial charge in [0, 0.05) is 50.4 Å². The molecule has 3 N–H and O–H groups in total. The summed E-state index contributed by atoms with van der Waals surface area (Å²) in [5.74, 6) is -0.765. The fourth-order valence-electron chi connectivity index (χ4n) is 9.53. The van der Waals surface area contributed by atoms with Gasteiger partial charge in [-0.05, 0) is 107 Å². The monoisotopic (exact) mass is 845 g/mol. The molecule has 1 saturated carbocycles. The summed E-state index contributed by atoms with van der Waals surface area (Å²) in [6.45, 7) is 6.77. The summed E-state index contributed by atoms with van der Waals surface area (Å²) in [4.78, 5) is 99.8. The first-order chi connectivity index (χ1) is 30.1. The van der Waals surface area contributed by atoms with Crippen molar-refractivity contribution >= 4 is 52.4 Å². The number of anilines is 1. The highest BCUT2D eigenvalue weighted by molar-refractivity contribution is 6.24. The van der Waals surface area contributed by atoms with Crippen LogP contribution in [-0.2, 0) is 14.4 Å². The zero-order chi connectivity index (χ0) is 42.9. The molecule has 9 rings (SSSR count). The number of imide groups is 2. The Labute approximate surface area is 358 Å².